The van der Waals surface area contributed by atoms with E-state index in [0.717, 1.165) is 5.65 Å². The Kier molecular flexibility index (Phi) is 5.56. The Balaban J connectivity index is 0.000000361. The van der Waals surface area contributed by atoms with Crippen molar-refractivity contribution >= 4 is 11.0 Å². The summed E-state index contributed by atoms with van der Waals surface area (Å²) in [6, 6.07) is 14.6. The Morgan fingerprint density at radius 2 is 1.71 bits per heavy atom. The lowest BCUT2D eigenvalue weighted by Crippen LogP contribution is -1.94. The van der Waals surface area contributed by atoms with Gasteiger partial charge in [0.1, 0.15) is 5.65 Å². The van der Waals surface area contributed by atoms with Gasteiger partial charge in [0.15, 0.2) is 0 Å². The molecule has 0 bridgehead atoms. The molecule has 0 aliphatic heterocycles. The fourth-order valence-electron chi connectivity index (χ4n) is 2.26. The molecule has 0 saturated carbocycles. The van der Waals surface area contributed by atoms with E-state index < -0.39 is 0 Å². The summed E-state index contributed by atoms with van der Waals surface area (Å²) in [5, 5.41) is 1.21. The van der Waals surface area contributed by atoms with Crippen molar-refractivity contribution in [2.75, 3.05) is 0 Å². The lowest BCUT2D eigenvalue weighted by molar-refractivity contribution is 0.886. The maximum Gasteiger partial charge on any atom is 0.137 e. The van der Waals surface area contributed by atoms with Crippen molar-refractivity contribution in [1.29, 1.82) is 0 Å². The summed E-state index contributed by atoms with van der Waals surface area (Å²) in [7, 11) is 0. The molecule has 1 aromatic carbocycles. The molecule has 0 amide bonds. The molecule has 2 heteroatoms. The van der Waals surface area contributed by atoms with E-state index in [0.29, 0.717) is 5.92 Å². The van der Waals surface area contributed by atoms with Crippen LogP contribution in [0.3, 0.4) is 0 Å². The molecule has 0 aliphatic carbocycles. The maximum absolute atomic E-state index is 4.32. The van der Waals surface area contributed by atoms with Crippen molar-refractivity contribution in [3.05, 3.63) is 66.0 Å². The molecular formula is C19H24N2. The third-order valence-corrected chi connectivity index (χ3v) is 3.75. The summed E-state index contributed by atoms with van der Waals surface area (Å²) in [4.78, 5) is 7.55. The highest BCUT2D eigenvalue weighted by atomic mass is 14.8. The first-order valence-corrected chi connectivity index (χ1v) is 7.74. The molecule has 3 rings (SSSR count). The summed E-state index contributed by atoms with van der Waals surface area (Å²) < 4.78 is 0. The zero-order valence-corrected chi connectivity index (χ0v) is 13.1. The van der Waals surface area contributed by atoms with Gasteiger partial charge in [-0.3, -0.25) is 0 Å². The normalized spacial score (nSPS) is 11.8. The predicted octanol–water partition coefficient (Wildman–Crippen LogP) is 5.52. The molecule has 2 nitrogen and oxygen atoms in total. The molecule has 1 N–H and O–H groups in total. The molecule has 0 fully saturated rings. The molecule has 1 atom stereocenters. The largest absolute Gasteiger partial charge is 0.346 e. The van der Waals surface area contributed by atoms with Crippen LogP contribution in [0.25, 0.3) is 11.0 Å². The van der Waals surface area contributed by atoms with E-state index in [2.05, 4.69) is 67.3 Å². The van der Waals surface area contributed by atoms with E-state index in [1.54, 1.807) is 0 Å². The smallest absolute Gasteiger partial charge is 0.137 e. The summed E-state index contributed by atoms with van der Waals surface area (Å²) >= 11 is 0. The second-order valence-electron chi connectivity index (χ2n) is 5.28. The van der Waals surface area contributed by atoms with Crippen molar-refractivity contribution in [3.8, 4) is 0 Å². The topological polar surface area (TPSA) is 28.7 Å². The highest BCUT2D eigenvalue weighted by molar-refractivity contribution is 5.80. The van der Waals surface area contributed by atoms with Crippen LogP contribution in [0.1, 0.15) is 50.7 Å². The van der Waals surface area contributed by atoms with Crippen LogP contribution < -0.4 is 0 Å². The lowest BCUT2D eigenvalue weighted by atomic mass is 9.93. The Labute approximate surface area is 127 Å². The molecule has 0 radical (unpaired) electrons. The standard InChI is InChI=1S/C15H14N2.C4H10/c1-11(12-6-3-2-4-7-12)14-10-17-15-13(14)8-5-9-16-15;1-3-4-2/h2-11H,1H3,(H,16,17);3-4H2,1-2H3. The van der Waals surface area contributed by atoms with E-state index in [4.69, 9.17) is 0 Å². The van der Waals surface area contributed by atoms with Gasteiger partial charge in [-0.2, -0.15) is 0 Å². The van der Waals surface area contributed by atoms with E-state index >= 15 is 0 Å². The Morgan fingerprint density at radius 3 is 2.38 bits per heavy atom. The number of nitrogens with one attached hydrogen (secondary N) is 1. The number of hydrogen-bond donors (Lipinski definition) is 1. The SMILES string of the molecule is CC(c1ccccc1)c1c[nH]c2ncccc12.CCCC. The van der Waals surface area contributed by atoms with Crippen LogP contribution in [-0.2, 0) is 0 Å². The summed E-state index contributed by atoms with van der Waals surface area (Å²) in [6.07, 6.45) is 6.52. The zero-order chi connectivity index (χ0) is 15.1. The second-order valence-corrected chi connectivity index (χ2v) is 5.28. The average molecular weight is 280 g/mol. The summed E-state index contributed by atoms with van der Waals surface area (Å²) in [5.41, 5.74) is 3.60. The van der Waals surface area contributed by atoms with Crippen LogP contribution in [0.15, 0.2) is 54.9 Å². The molecular weight excluding hydrogens is 256 g/mol. The summed E-state index contributed by atoms with van der Waals surface area (Å²) in [5.74, 6) is 0.383. The van der Waals surface area contributed by atoms with Gasteiger partial charge < -0.3 is 4.98 Å². The molecule has 1 unspecified atom stereocenters. The minimum atomic E-state index is 0.383. The molecule has 2 heterocycles. The quantitative estimate of drug-likeness (QED) is 0.672. The van der Waals surface area contributed by atoms with Gasteiger partial charge in [0, 0.05) is 23.7 Å². The van der Waals surface area contributed by atoms with Crippen molar-refractivity contribution in [2.24, 2.45) is 0 Å². The number of unbranched alkanes of at least 4 members (excludes halogenated alkanes) is 1. The first-order chi connectivity index (χ1) is 10.3. The van der Waals surface area contributed by atoms with Gasteiger partial charge in [0.05, 0.1) is 0 Å². The van der Waals surface area contributed by atoms with Gasteiger partial charge in [-0.25, -0.2) is 4.98 Å². The van der Waals surface area contributed by atoms with Crippen LogP contribution >= 0.6 is 0 Å². The van der Waals surface area contributed by atoms with Crippen molar-refractivity contribution in [2.45, 2.75) is 39.5 Å². The number of aromatic nitrogens is 2. The number of pyridine rings is 1. The number of aromatic amines is 1. The number of hydrogen-bond acceptors (Lipinski definition) is 1. The Morgan fingerprint density at radius 1 is 1.00 bits per heavy atom. The highest BCUT2D eigenvalue weighted by Crippen LogP contribution is 2.29. The van der Waals surface area contributed by atoms with Crippen LogP contribution in [0, 0.1) is 0 Å². The van der Waals surface area contributed by atoms with Gasteiger partial charge in [0.25, 0.3) is 0 Å². The zero-order valence-electron chi connectivity index (χ0n) is 13.1. The number of nitrogens with zero attached hydrogens (tertiary/aromatic N) is 1. The van der Waals surface area contributed by atoms with Crippen molar-refractivity contribution in [1.82, 2.24) is 9.97 Å². The van der Waals surface area contributed by atoms with Crippen molar-refractivity contribution in [3.63, 3.8) is 0 Å². The lowest BCUT2D eigenvalue weighted by Gasteiger charge is -2.10. The third kappa shape index (κ3) is 3.72. The number of benzene rings is 1. The van der Waals surface area contributed by atoms with Crippen LogP contribution in [0.5, 0.6) is 0 Å². The molecule has 0 spiro atoms. The fourth-order valence-corrected chi connectivity index (χ4v) is 2.26. The van der Waals surface area contributed by atoms with Gasteiger partial charge in [-0.1, -0.05) is 63.9 Å². The van der Waals surface area contributed by atoms with Crippen LogP contribution in [0.2, 0.25) is 0 Å². The van der Waals surface area contributed by atoms with E-state index in [1.165, 1.54) is 29.4 Å². The molecule has 110 valence electrons. The minimum absolute atomic E-state index is 0.383. The van der Waals surface area contributed by atoms with Gasteiger partial charge >= 0.3 is 0 Å². The maximum atomic E-state index is 4.32. The number of H-pyrrole nitrogens is 1. The second kappa shape index (κ2) is 7.63. The van der Waals surface area contributed by atoms with Crippen LogP contribution in [0.4, 0.5) is 0 Å². The Bertz CT molecular complexity index is 653. The van der Waals surface area contributed by atoms with Gasteiger partial charge in [-0.15, -0.1) is 0 Å². The third-order valence-electron chi connectivity index (χ3n) is 3.75. The molecule has 2 aromatic heterocycles. The highest BCUT2D eigenvalue weighted by Gasteiger charge is 2.12. The molecule has 21 heavy (non-hydrogen) atoms. The fraction of sp³-hybridized carbons (Fsp3) is 0.316. The van der Waals surface area contributed by atoms with Gasteiger partial charge in [-0.05, 0) is 23.3 Å². The van der Waals surface area contributed by atoms with E-state index in [1.807, 2.05) is 18.3 Å². The van der Waals surface area contributed by atoms with Gasteiger partial charge in [0.2, 0.25) is 0 Å². The first-order valence-electron chi connectivity index (χ1n) is 7.74. The summed E-state index contributed by atoms with van der Waals surface area (Å²) in [6.45, 7) is 6.59. The Hall–Kier alpha value is -2.09. The molecule has 0 aliphatic rings. The average Bonchev–Trinajstić information content (AvgIpc) is 2.99. The molecule has 0 saturated heterocycles. The number of fused-ring (bicyclic) bond motifs is 1. The van der Waals surface area contributed by atoms with Crippen molar-refractivity contribution < 1.29 is 0 Å². The molecule has 3 aromatic rings. The number of rotatable bonds is 3. The first kappa shape index (κ1) is 15.3. The van der Waals surface area contributed by atoms with Crippen LogP contribution in [-0.4, -0.2) is 9.97 Å². The predicted molar refractivity (Wildman–Crippen MR) is 90.6 cm³/mol. The monoisotopic (exact) mass is 280 g/mol. The van der Waals surface area contributed by atoms with E-state index in [9.17, 15) is 0 Å². The van der Waals surface area contributed by atoms with E-state index in [-0.39, 0.29) is 0 Å². The minimum Gasteiger partial charge on any atom is -0.346 e.